The molecule has 4 aliphatic carbocycles. The van der Waals surface area contributed by atoms with Crippen LogP contribution in [0.2, 0.25) is 0 Å². The first kappa shape index (κ1) is 17.8. The summed E-state index contributed by atoms with van der Waals surface area (Å²) in [4.78, 5) is 12.6. The van der Waals surface area contributed by atoms with Gasteiger partial charge in [0.15, 0.2) is 0 Å². The zero-order valence-electron chi connectivity index (χ0n) is 16.0. The minimum Gasteiger partial charge on any atom is -0.390 e. The van der Waals surface area contributed by atoms with E-state index in [1.54, 1.807) is 7.11 Å². The summed E-state index contributed by atoms with van der Waals surface area (Å²) in [7, 11) is 3.53. The van der Waals surface area contributed by atoms with E-state index in [1.807, 2.05) is 13.5 Å². The smallest absolute Gasteiger partial charge is 0.312 e. The Balaban J connectivity index is 1.71. The van der Waals surface area contributed by atoms with Crippen molar-refractivity contribution in [2.45, 2.75) is 70.7 Å². The first-order valence-corrected chi connectivity index (χ1v) is 9.96. The van der Waals surface area contributed by atoms with Crippen LogP contribution in [0.1, 0.15) is 52.4 Å². The number of carbonyl (C=O) groups excluding carboxylic acids is 1. The van der Waals surface area contributed by atoms with Crippen LogP contribution in [-0.4, -0.2) is 43.4 Å². The van der Waals surface area contributed by atoms with Gasteiger partial charge in [0.05, 0.1) is 23.7 Å². The molecule has 0 saturated heterocycles. The molecule has 4 saturated carbocycles. The SMILES string of the molecule is CO[C@H]1C[C@]2(C)C(=O)[CH+]C[C@H]2[C@@H]2CC[C@H]3C[C@H](O)[C@@H](OC)C[C@]3(C)[C@H]21. The number of rotatable bonds is 2. The van der Waals surface area contributed by atoms with E-state index in [0.29, 0.717) is 29.5 Å². The predicted octanol–water partition coefficient (Wildman–Crippen LogP) is 3.02. The maximum atomic E-state index is 12.6. The quantitative estimate of drug-likeness (QED) is 0.779. The Bertz CT molecular complexity index is 548. The normalized spacial score (nSPS) is 55.1. The van der Waals surface area contributed by atoms with Gasteiger partial charge in [-0.15, -0.1) is 0 Å². The Hall–Kier alpha value is -0.580. The molecule has 0 radical (unpaired) electrons. The van der Waals surface area contributed by atoms with Gasteiger partial charge in [0, 0.05) is 20.1 Å². The molecule has 140 valence electrons. The lowest BCUT2D eigenvalue weighted by molar-refractivity contribution is -0.201. The summed E-state index contributed by atoms with van der Waals surface area (Å²) in [6.45, 7) is 4.57. The van der Waals surface area contributed by atoms with Crippen molar-refractivity contribution in [2.24, 2.45) is 34.5 Å². The first-order chi connectivity index (χ1) is 11.8. The molecule has 0 aromatic rings. The van der Waals surface area contributed by atoms with Gasteiger partial charge < -0.3 is 14.6 Å². The van der Waals surface area contributed by atoms with Gasteiger partial charge in [0.25, 0.3) is 0 Å². The molecule has 0 aromatic carbocycles. The number of ketones is 1. The molecule has 0 aliphatic heterocycles. The Kier molecular flexibility index (Phi) is 4.25. The Morgan fingerprint density at radius 2 is 1.84 bits per heavy atom. The highest BCUT2D eigenvalue weighted by Gasteiger charge is 2.67. The Morgan fingerprint density at radius 3 is 2.52 bits per heavy atom. The molecule has 0 aromatic heterocycles. The summed E-state index contributed by atoms with van der Waals surface area (Å²) in [6, 6.07) is 0. The monoisotopic (exact) mass is 349 g/mol. The minimum absolute atomic E-state index is 0.0809. The molecule has 4 nitrogen and oxygen atoms in total. The topological polar surface area (TPSA) is 55.8 Å². The van der Waals surface area contributed by atoms with Crippen LogP contribution in [0.5, 0.6) is 0 Å². The lowest BCUT2D eigenvalue weighted by Gasteiger charge is -2.61. The van der Waals surface area contributed by atoms with Crippen molar-refractivity contribution in [2.75, 3.05) is 14.2 Å². The molecule has 4 fully saturated rings. The molecular formula is C21H33O4+. The molecule has 4 rings (SSSR count). The zero-order valence-corrected chi connectivity index (χ0v) is 16.0. The van der Waals surface area contributed by atoms with Crippen molar-refractivity contribution in [3.8, 4) is 0 Å². The van der Waals surface area contributed by atoms with E-state index in [0.717, 1.165) is 38.5 Å². The zero-order chi connectivity index (χ0) is 18.0. The van der Waals surface area contributed by atoms with Crippen molar-refractivity contribution in [3.63, 3.8) is 0 Å². The molecule has 0 heterocycles. The molecule has 25 heavy (non-hydrogen) atoms. The van der Waals surface area contributed by atoms with E-state index in [9.17, 15) is 9.90 Å². The second-order valence-electron chi connectivity index (χ2n) is 9.56. The van der Waals surface area contributed by atoms with Crippen molar-refractivity contribution in [1.82, 2.24) is 0 Å². The fourth-order valence-electron chi connectivity index (χ4n) is 7.34. The minimum atomic E-state index is -0.351. The van der Waals surface area contributed by atoms with Crippen LogP contribution in [0.4, 0.5) is 0 Å². The molecule has 0 amide bonds. The van der Waals surface area contributed by atoms with E-state index in [-0.39, 0.29) is 29.1 Å². The van der Waals surface area contributed by atoms with Gasteiger partial charge in [0.1, 0.15) is 12.8 Å². The number of methoxy groups -OCH3 is 2. The maximum absolute atomic E-state index is 12.6. The average molecular weight is 349 g/mol. The molecule has 0 bridgehead atoms. The highest BCUT2D eigenvalue weighted by molar-refractivity contribution is 5.95. The lowest BCUT2D eigenvalue weighted by Crippen LogP contribution is -2.61. The molecule has 1 N–H and O–H groups in total. The van der Waals surface area contributed by atoms with Crippen molar-refractivity contribution >= 4 is 5.78 Å². The summed E-state index contributed by atoms with van der Waals surface area (Å²) in [5.41, 5.74) is -0.115. The number of fused-ring (bicyclic) bond motifs is 5. The van der Waals surface area contributed by atoms with E-state index < -0.39 is 0 Å². The van der Waals surface area contributed by atoms with Crippen LogP contribution in [0, 0.1) is 40.9 Å². The molecule has 9 atom stereocenters. The standard InChI is InChI=1S/C21H33O4/c1-20-10-16(24-3)15(22)9-12(20)5-6-13-14-7-8-18(23)21(14,2)11-17(25-4)19(13)20/h8,12-17,19,22H,5-7,9-11H2,1-4H3/q+1/t12-,13-,14-,15-,16-,17-,19+,20-,21-/m0/s1. The molecule has 0 unspecified atom stereocenters. The van der Waals surface area contributed by atoms with Gasteiger partial charge in [-0.3, -0.25) is 0 Å². The van der Waals surface area contributed by atoms with E-state index in [4.69, 9.17) is 9.47 Å². The van der Waals surface area contributed by atoms with Crippen LogP contribution in [0.3, 0.4) is 0 Å². The molecule has 4 heteroatoms. The van der Waals surface area contributed by atoms with Crippen LogP contribution >= 0.6 is 0 Å². The number of aliphatic hydroxyl groups excluding tert-OH is 1. The van der Waals surface area contributed by atoms with Crippen molar-refractivity contribution in [3.05, 3.63) is 6.42 Å². The van der Waals surface area contributed by atoms with Gasteiger partial charge in [-0.25, -0.2) is 4.79 Å². The summed E-state index contributed by atoms with van der Waals surface area (Å²) in [6.07, 6.45) is 7.46. The summed E-state index contributed by atoms with van der Waals surface area (Å²) in [5, 5.41) is 10.5. The summed E-state index contributed by atoms with van der Waals surface area (Å²) in [5.74, 6) is 2.32. The second-order valence-corrected chi connectivity index (χ2v) is 9.56. The highest BCUT2D eigenvalue weighted by Crippen LogP contribution is 2.65. The summed E-state index contributed by atoms with van der Waals surface area (Å²) < 4.78 is 11.7. The van der Waals surface area contributed by atoms with Gasteiger partial charge in [0.2, 0.25) is 0 Å². The summed E-state index contributed by atoms with van der Waals surface area (Å²) >= 11 is 0. The third-order valence-electron chi connectivity index (χ3n) is 8.69. The van der Waals surface area contributed by atoms with E-state index in [1.165, 1.54) is 0 Å². The number of aliphatic hydroxyl groups is 1. The van der Waals surface area contributed by atoms with Crippen molar-refractivity contribution in [1.29, 1.82) is 0 Å². The number of hydrogen-bond acceptors (Lipinski definition) is 4. The number of Topliss-reactive ketones (excluding diaryl/α,β-unsaturated/α-hetero) is 1. The van der Waals surface area contributed by atoms with Crippen LogP contribution in [0.25, 0.3) is 0 Å². The molecular weight excluding hydrogens is 316 g/mol. The van der Waals surface area contributed by atoms with E-state index >= 15 is 0 Å². The third-order valence-corrected chi connectivity index (χ3v) is 8.69. The average Bonchev–Trinajstić information content (AvgIpc) is 2.89. The molecule has 4 aliphatic rings. The van der Waals surface area contributed by atoms with Crippen LogP contribution in [0.15, 0.2) is 0 Å². The molecule has 0 spiro atoms. The number of hydrogen-bond donors (Lipinski definition) is 1. The maximum Gasteiger partial charge on any atom is 0.312 e. The first-order valence-electron chi connectivity index (χ1n) is 9.96. The highest BCUT2D eigenvalue weighted by atomic mass is 16.5. The fourth-order valence-corrected chi connectivity index (χ4v) is 7.34. The number of carbonyl (C=O) groups is 1. The van der Waals surface area contributed by atoms with Crippen molar-refractivity contribution < 1.29 is 19.4 Å². The van der Waals surface area contributed by atoms with E-state index in [2.05, 4.69) is 13.8 Å². The van der Waals surface area contributed by atoms with Crippen LogP contribution in [-0.2, 0) is 14.3 Å². The fraction of sp³-hybridized carbons (Fsp3) is 0.905. The van der Waals surface area contributed by atoms with Gasteiger partial charge in [-0.1, -0.05) is 6.92 Å². The number of ether oxygens (including phenoxy) is 2. The van der Waals surface area contributed by atoms with Gasteiger partial charge in [-0.2, -0.15) is 0 Å². The van der Waals surface area contributed by atoms with Gasteiger partial charge in [-0.05, 0) is 62.2 Å². The van der Waals surface area contributed by atoms with Crippen LogP contribution < -0.4 is 0 Å². The third kappa shape index (κ3) is 2.36. The largest absolute Gasteiger partial charge is 0.390 e. The lowest BCUT2D eigenvalue weighted by atomic mass is 9.44. The second kappa shape index (κ2) is 5.97. The Morgan fingerprint density at radius 1 is 1.12 bits per heavy atom. The predicted molar refractivity (Wildman–Crippen MR) is 94.8 cm³/mol. The van der Waals surface area contributed by atoms with Gasteiger partial charge >= 0.3 is 5.78 Å². The Labute approximate surface area is 151 Å².